The van der Waals surface area contributed by atoms with Crippen LogP contribution in [-0.2, 0) is 19.0 Å². The van der Waals surface area contributed by atoms with Crippen LogP contribution in [-0.4, -0.2) is 51.6 Å². The van der Waals surface area contributed by atoms with Crippen molar-refractivity contribution in [1.82, 2.24) is 5.32 Å². The second kappa shape index (κ2) is 7.60. The van der Waals surface area contributed by atoms with Crippen LogP contribution in [0, 0.1) is 0 Å². The molecule has 5 heteroatoms. The van der Waals surface area contributed by atoms with Crippen LogP contribution >= 0.6 is 0 Å². The van der Waals surface area contributed by atoms with Crippen molar-refractivity contribution in [3.05, 3.63) is 0 Å². The number of carbonyl (C=O) groups excluding carboxylic acids is 1. The first-order valence-electron chi connectivity index (χ1n) is 5.78. The first-order chi connectivity index (χ1) is 7.77. The maximum absolute atomic E-state index is 11.3. The molecule has 94 valence electrons. The molecule has 1 heterocycles. The van der Waals surface area contributed by atoms with Crippen molar-refractivity contribution in [2.45, 2.75) is 31.9 Å². The Hall–Kier alpha value is -0.650. The van der Waals surface area contributed by atoms with E-state index >= 15 is 0 Å². The maximum Gasteiger partial charge on any atom is 0.325 e. The molecule has 0 radical (unpaired) electrons. The zero-order valence-corrected chi connectivity index (χ0v) is 10.0. The van der Waals surface area contributed by atoms with Gasteiger partial charge in [0.15, 0.2) is 0 Å². The zero-order valence-electron chi connectivity index (χ0n) is 10.0. The number of hydrogen-bond acceptors (Lipinski definition) is 5. The fourth-order valence-corrected chi connectivity index (χ4v) is 1.69. The molecule has 0 aromatic carbocycles. The Labute approximate surface area is 96.4 Å². The van der Waals surface area contributed by atoms with Gasteiger partial charge >= 0.3 is 5.97 Å². The van der Waals surface area contributed by atoms with Gasteiger partial charge in [-0.2, -0.15) is 0 Å². The minimum Gasteiger partial charge on any atom is -0.468 e. The summed E-state index contributed by atoms with van der Waals surface area (Å²) in [5.41, 5.74) is 0. The van der Waals surface area contributed by atoms with Crippen LogP contribution < -0.4 is 5.32 Å². The molecule has 1 rings (SSSR count). The van der Waals surface area contributed by atoms with Gasteiger partial charge in [-0.25, -0.2) is 0 Å². The van der Waals surface area contributed by atoms with E-state index in [-0.39, 0.29) is 18.1 Å². The predicted molar refractivity (Wildman–Crippen MR) is 59.3 cm³/mol. The maximum atomic E-state index is 11.3. The number of rotatable bonds is 7. The lowest BCUT2D eigenvalue weighted by atomic mass is 10.2. The Bertz CT molecular complexity index is 204. The number of methoxy groups -OCH3 is 1. The average molecular weight is 231 g/mol. The Balaban J connectivity index is 2.18. The Morgan fingerprint density at radius 3 is 3.00 bits per heavy atom. The Kier molecular flexibility index (Phi) is 6.37. The first kappa shape index (κ1) is 13.4. The number of carbonyl (C=O) groups is 1. The number of hydrogen-bond donors (Lipinski definition) is 1. The quantitative estimate of drug-likeness (QED) is 0.640. The largest absolute Gasteiger partial charge is 0.468 e. The highest BCUT2D eigenvalue weighted by Gasteiger charge is 2.20. The number of nitrogens with one attached hydrogen (secondary N) is 1. The van der Waals surface area contributed by atoms with Crippen molar-refractivity contribution in [1.29, 1.82) is 0 Å². The smallest absolute Gasteiger partial charge is 0.325 e. The van der Waals surface area contributed by atoms with E-state index in [1.54, 1.807) is 0 Å². The van der Waals surface area contributed by atoms with Gasteiger partial charge in [0, 0.05) is 6.61 Å². The zero-order chi connectivity index (χ0) is 11.8. The second-order valence-electron chi connectivity index (χ2n) is 3.81. The summed E-state index contributed by atoms with van der Waals surface area (Å²) in [4.78, 5) is 11.3. The number of esters is 1. The van der Waals surface area contributed by atoms with E-state index in [0.717, 1.165) is 19.4 Å². The highest BCUT2D eigenvalue weighted by molar-refractivity contribution is 5.75. The third-order valence-corrected chi connectivity index (χ3v) is 2.55. The van der Waals surface area contributed by atoms with Crippen LogP contribution in [0.5, 0.6) is 0 Å². The molecule has 0 aromatic rings. The van der Waals surface area contributed by atoms with E-state index in [1.807, 2.05) is 6.92 Å². The van der Waals surface area contributed by atoms with Gasteiger partial charge in [-0.15, -0.1) is 0 Å². The van der Waals surface area contributed by atoms with Crippen molar-refractivity contribution in [2.75, 3.05) is 33.5 Å². The van der Waals surface area contributed by atoms with Gasteiger partial charge in [-0.05, 0) is 19.4 Å². The fraction of sp³-hybridized carbons (Fsp3) is 0.909. The van der Waals surface area contributed by atoms with Crippen molar-refractivity contribution in [3.63, 3.8) is 0 Å². The standard InChI is InChI=1S/C11H21NO4/c1-3-12-10(11(13)14-2)8-15-7-9-5-4-6-16-9/h9-10,12H,3-8H2,1-2H3. The third-order valence-electron chi connectivity index (χ3n) is 2.55. The summed E-state index contributed by atoms with van der Waals surface area (Å²) in [6.07, 6.45) is 2.34. The molecule has 0 spiro atoms. The molecular formula is C11H21NO4. The van der Waals surface area contributed by atoms with Crippen molar-refractivity contribution < 1.29 is 19.0 Å². The van der Waals surface area contributed by atoms with Crippen LogP contribution in [0.1, 0.15) is 19.8 Å². The van der Waals surface area contributed by atoms with Gasteiger partial charge in [-0.1, -0.05) is 6.92 Å². The van der Waals surface area contributed by atoms with Crippen molar-refractivity contribution in [3.8, 4) is 0 Å². The van der Waals surface area contributed by atoms with Crippen LogP contribution in [0.4, 0.5) is 0 Å². The summed E-state index contributed by atoms with van der Waals surface area (Å²) in [5, 5.41) is 3.02. The SMILES string of the molecule is CCNC(COCC1CCCO1)C(=O)OC. The topological polar surface area (TPSA) is 56.8 Å². The molecule has 1 saturated heterocycles. The molecule has 0 aromatic heterocycles. The molecule has 2 unspecified atom stereocenters. The van der Waals surface area contributed by atoms with E-state index in [2.05, 4.69) is 10.1 Å². The average Bonchev–Trinajstić information content (AvgIpc) is 2.80. The van der Waals surface area contributed by atoms with Crippen molar-refractivity contribution in [2.24, 2.45) is 0 Å². The van der Waals surface area contributed by atoms with E-state index in [4.69, 9.17) is 9.47 Å². The van der Waals surface area contributed by atoms with Crippen molar-refractivity contribution >= 4 is 5.97 Å². The summed E-state index contributed by atoms with van der Waals surface area (Å²) in [7, 11) is 1.38. The van der Waals surface area contributed by atoms with E-state index in [0.29, 0.717) is 19.8 Å². The van der Waals surface area contributed by atoms with E-state index in [1.165, 1.54) is 7.11 Å². The molecule has 1 fully saturated rings. The van der Waals surface area contributed by atoms with Crippen LogP contribution in [0.25, 0.3) is 0 Å². The second-order valence-corrected chi connectivity index (χ2v) is 3.81. The summed E-state index contributed by atoms with van der Waals surface area (Å²) < 4.78 is 15.6. The summed E-state index contributed by atoms with van der Waals surface area (Å²) in [6.45, 7) is 4.36. The minimum absolute atomic E-state index is 0.194. The molecule has 1 N–H and O–H groups in total. The molecule has 5 nitrogen and oxygen atoms in total. The lowest BCUT2D eigenvalue weighted by Crippen LogP contribution is -2.41. The van der Waals surface area contributed by atoms with Crippen LogP contribution in [0.15, 0.2) is 0 Å². The molecule has 0 bridgehead atoms. The fourth-order valence-electron chi connectivity index (χ4n) is 1.69. The highest BCUT2D eigenvalue weighted by atomic mass is 16.5. The van der Waals surface area contributed by atoms with Crippen LogP contribution in [0.3, 0.4) is 0 Å². The Morgan fingerprint density at radius 1 is 1.62 bits per heavy atom. The molecule has 16 heavy (non-hydrogen) atoms. The molecule has 0 aliphatic carbocycles. The van der Waals surface area contributed by atoms with E-state index < -0.39 is 0 Å². The molecule has 0 saturated carbocycles. The minimum atomic E-state index is -0.378. The molecule has 1 aliphatic heterocycles. The summed E-state index contributed by atoms with van der Waals surface area (Å²) >= 11 is 0. The summed E-state index contributed by atoms with van der Waals surface area (Å²) in [5.74, 6) is -0.283. The Morgan fingerprint density at radius 2 is 2.44 bits per heavy atom. The van der Waals surface area contributed by atoms with Gasteiger partial charge < -0.3 is 19.5 Å². The first-order valence-corrected chi connectivity index (χ1v) is 5.78. The third kappa shape index (κ3) is 4.47. The monoisotopic (exact) mass is 231 g/mol. The molecular weight excluding hydrogens is 210 g/mol. The van der Waals surface area contributed by atoms with Gasteiger partial charge in [-0.3, -0.25) is 4.79 Å². The predicted octanol–water partition coefficient (Wildman–Crippen LogP) is 0.333. The van der Waals surface area contributed by atoms with Gasteiger partial charge in [0.05, 0.1) is 26.4 Å². The number of likely N-dealkylation sites (N-methyl/N-ethyl adjacent to an activating group) is 1. The van der Waals surface area contributed by atoms with Crippen LogP contribution in [0.2, 0.25) is 0 Å². The lowest BCUT2D eigenvalue weighted by Gasteiger charge is -2.17. The molecule has 0 amide bonds. The molecule has 2 atom stereocenters. The normalized spacial score (nSPS) is 22.0. The number of ether oxygens (including phenoxy) is 3. The highest BCUT2D eigenvalue weighted by Crippen LogP contribution is 2.11. The van der Waals surface area contributed by atoms with E-state index in [9.17, 15) is 4.79 Å². The van der Waals surface area contributed by atoms with Gasteiger partial charge in [0.1, 0.15) is 6.04 Å². The van der Waals surface area contributed by atoms with Gasteiger partial charge in [0.2, 0.25) is 0 Å². The summed E-state index contributed by atoms with van der Waals surface area (Å²) in [6, 6.07) is -0.378. The van der Waals surface area contributed by atoms with Gasteiger partial charge in [0.25, 0.3) is 0 Å². The lowest BCUT2D eigenvalue weighted by molar-refractivity contribution is -0.145. The molecule has 1 aliphatic rings.